The zero-order valence-electron chi connectivity index (χ0n) is 12.9. The molecule has 1 heterocycles. The van der Waals surface area contributed by atoms with Crippen LogP contribution in [0.25, 0.3) is 10.9 Å². The molecule has 0 aliphatic carbocycles. The van der Waals surface area contributed by atoms with Gasteiger partial charge in [-0.05, 0) is 66.0 Å². The Morgan fingerprint density at radius 2 is 1.65 bits per heavy atom. The van der Waals surface area contributed by atoms with Gasteiger partial charge in [-0.1, -0.05) is 17.7 Å². The van der Waals surface area contributed by atoms with Gasteiger partial charge < -0.3 is 0 Å². The number of rotatable bonds is 2. The van der Waals surface area contributed by atoms with Crippen molar-refractivity contribution in [3.8, 4) is 0 Å². The van der Waals surface area contributed by atoms with E-state index in [2.05, 4.69) is 15.9 Å². The number of hydrogen-bond acceptors (Lipinski definition) is 2. The molecule has 6 heteroatoms. The predicted octanol–water partition coefficient (Wildman–Crippen LogP) is 4.71. The Hall–Kier alpha value is -1.66. The molecule has 3 aromatic rings. The lowest BCUT2D eigenvalue weighted by Crippen LogP contribution is -2.15. The minimum absolute atomic E-state index is 0.234. The second kappa shape index (κ2) is 5.46. The molecule has 1 aromatic heterocycles. The molecule has 0 spiro atoms. The molecule has 120 valence electrons. The maximum atomic E-state index is 13.6. The monoisotopic (exact) mass is 395 g/mol. The molecule has 0 atom stereocenters. The van der Waals surface area contributed by atoms with Crippen LogP contribution >= 0.6 is 15.9 Å². The van der Waals surface area contributed by atoms with Crippen molar-refractivity contribution in [2.75, 3.05) is 0 Å². The fourth-order valence-corrected chi connectivity index (χ4v) is 5.08. The number of aromatic nitrogens is 1. The van der Waals surface area contributed by atoms with E-state index >= 15 is 0 Å². The Labute approximate surface area is 142 Å². The first-order valence-electron chi connectivity index (χ1n) is 7.01. The van der Waals surface area contributed by atoms with Crippen molar-refractivity contribution in [3.63, 3.8) is 0 Å². The third-order valence-electron chi connectivity index (χ3n) is 3.82. The van der Waals surface area contributed by atoms with Gasteiger partial charge in [0.15, 0.2) is 0 Å². The molecule has 0 aliphatic heterocycles. The van der Waals surface area contributed by atoms with E-state index in [1.165, 1.54) is 22.3 Å². The van der Waals surface area contributed by atoms with E-state index in [1.807, 2.05) is 19.1 Å². The van der Waals surface area contributed by atoms with Gasteiger partial charge in [-0.3, -0.25) is 0 Å². The third-order valence-corrected chi connectivity index (χ3v) is 6.42. The van der Waals surface area contributed by atoms with E-state index in [0.717, 1.165) is 5.56 Å². The van der Waals surface area contributed by atoms with E-state index in [0.29, 0.717) is 26.9 Å². The normalized spacial score (nSPS) is 12.0. The topological polar surface area (TPSA) is 39.1 Å². The van der Waals surface area contributed by atoms with Crippen molar-refractivity contribution in [1.82, 2.24) is 3.97 Å². The highest BCUT2D eigenvalue weighted by molar-refractivity contribution is 9.10. The molecule has 0 radical (unpaired) electrons. The summed E-state index contributed by atoms with van der Waals surface area (Å²) in [5.41, 5.74) is 2.86. The number of nitrogens with zero attached hydrogens (tertiary/aromatic N) is 1. The van der Waals surface area contributed by atoms with Gasteiger partial charge in [-0.15, -0.1) is 0 Å². The summed E-state index contributed by atoms with van der Waals surface area (Å²) in [6.45, 7) is 5.50. The second-order valence-electron chi connectivity index (χ2n) is 5.67. The van der Waals surface area contributed by atoms with Gasteiger partial charge in [0.05, 0.1) is 14.9 Å². The minimum atomic E-state index is -3.76. The van der Waals surface area contributed by atoms with Gasteiger partial charge in [-0.25, -0.2) is 16.8 Å². The Morgan fingerprint density at radius 3 is 2.26 bits per heavy atom. The summed E-state index contributed by atoms with van der Waals surface area (Å²) in [6, 6.07) is 8.10. The van der Waals surface area contributed by atoms with Crippen molar-refractivity contribution in [3.05, 3.63) is 63.5 Å². The predicted molar refractivity (Wildman–Crippen MR) is 92.8 cm³/mol. The first-order valence-corrected chi connectivity index (χ1v) is 9.24. The molecule has 0 saturated carbocycles. The van der Waals surface area contributed by atoms with Crippen LogP contribution in [-0.4, -0.2) is 12.4 Å². The molecular formula is C17H15BrFNO2S. The van der Waals surface area contributed by atoms with Gasteiger partial charge in [0.1, 0.15) is 5.82 Å². The fraction of sp³-hybridized carbons (Fsp3) is 0.176. The SMILES string of the molecule is Cc1cc(C)c(S(=O)(=O)n2ccc3cc(F)c(Br)cc32)c(C)c1. The Balaban J connectivity index is 2.32. The summed E-state index contributed by atoms with van der Waals surface area (Å²) < 4.78 is 41.3. The van der Waals surface area contributed by atoms with Gasteiger partial charge in [0, 0.05) is 11.6 Å². The van der Waals surface area contributed by atoms with E-state index in [1.54, 1.807) is 19.9 Å². The number of aryl methyl sites for hydroxylation is 3. The first kappa shape index (κ1) is 16.2. The van der Waals surface area contributed by atoms with E-state index in [-0.39, 0.29) is 4.47 Å². The van der Waals surface area contributed by atoms with Crippen molar-refractivity contribution < 1.29 is 12.8 Å². The molecule has 0 aliphatic rings. The maximum Gasteiger partial charge on any atom is 0.268 e. The highest BCUT2D eigenvalue weighted by Crippen LogP contribution is 2.30. The standard InChI is InChI=1S/C17H15BrFNO2S/c1-10-6-11(2)17(12(3)7-10)23(21,22)20-5-4-13-8-15(19)14(18)9-16(13)20/h4-9H,1-3H3. The molecule has 0 bridgehead atoms. The average Bonchev–Trinajstić information content (AvgIpc) is 2.81. The lowest BCUT2D eigenvalue weighted by atomic mass is 10.1. The summed E-state index contributed by atoms with van der Waals surface area (Å²) in [5.74, 6) is -0.421. The van der Waals surface area contributed by atoms with Crippen LogP contribution in [-0.2, 0) is 10.0 Å². The van der Waals surface area contributed by atoms with Crippen molar-refractivity contribution in [2.45, 2.75) is 25.7 Å². The van der Waals surface area contributed by atoms with Crippen molar-refractivity contribution >= 4 is 36.9 Å². The number of fused-ring (bicyclic) bond motifs is 1. The lowest BCUT2D eigenvalue weighted by molar-refractivity contribution is 0.587. The maximum absolute atomic E-state index is 13.6. The summed E-state index contributed by atoms with van der Waals surface area (Å²) in [6.07, 6.45) is 1.46. The quantitative estimate of drug-likeness (QED) is 0.630. The minimum Gasteiger partial charge on any atom is -0.241 e. The molecule has 0 saturated heterocycles. The number of halogens is 2. The van der Waals surface area contributed by atoms with Crippen LogP contribution in [0.15, 0.2) is 45.9 Å². The Morgan fingerprint density at radius 1 is 1.04 bits per heavy atom. The van der Waals surface area contributed by atoms with Crippen LogP contribution in [0, 0.1) is 26.6 Å². The van der Waals surface area contributed by atoms with Crippen LogP contribution in [0.4, 0.5) is 4.39 Å². The van der Waals surface area contributed by atoms with Crippen LogP contribution in [0.5, 0.6) is 0 Å². The highest BCUT2D eigenvalue weighted by atomic mass is 79.9. The van der Waals surface area contributed by atoms with Crippen molar-refractivity contribution in [2.24, 2.45) is 0 Å². The van der Waals surface area contributed by atoms with Gasteiger partial charge in [0.25, 0.3) is 10.0 Å². The van der Waals surface area contributed by atoms with Crippen LogP contribution in [0.3, 0.4) is 0 Å². The molecule has 0 unspecified atom stereocenters. The van der Waals surface area contributed by atoms with E-state index in [9.17, 15) is 12.8 Å². The average molecular weight is 396 g/mol. The third kappa shape index (κ3) is 2.60. The zero-order chi connectivity index (χ0) is 16.9. The van der Waals surface area contributed by atoms with Crippen molar-refractivity contribution in [1.29, 1.82) is 0 Å². The molecular weight excluding hydrogens is 381 g/mol. The summed E-state index contributed by atoms with van der Waals surface area (Å²) in [5, 5.41) is 0.539. The highest BCUT2D eigenvalue weighted by Gasteiger charge is 2.23. The zero-order valence-corrected chi connectivity index (χ0v) is 15.3. The van der Waals surface area contributed by atoms with Gasteiger partial charge >= 0.3 is 0 Å². The van der Waals surface area contributed by atoms with Crippen LogP contribution in [0.1, 0.15) is 16.7 Å². The summed E-state index contributed by atoms with van der Waals surface area (Å²) >= 11 is 3.11. The number of hydrogen-bond donors (Lipinski definition) is 0. The molecule has 3 nitrogen and oxygen atoms in total. The molecule has 3 rings (SSSR count). The second-order valence-corrected chi connectivity index (χ2v) is 8.28. The molecule has 0 amide bonds. The van der Waals surface area contributed by atoms with Crippen LogP contribution in [0.2, 0.25) is 0 Å². The first-order chi connectivity index (χ1) is 10.7. The van der Waals surface area contributed by atoms with E-state index < -0.39 is 15.8 Å². The summed E-state index contributed by atoms with van der Waals surface area (Å²) in [4.78, 5) is 0.293. The fourth-order valence-electron chi connectivity index (χ4n) is 2.99. The molecule has 2 aromatic carbocycles. The van der Waals surface area contributed by atoms with Crippen LogP contribution < -0.4 is 0 Å². The smallest absolute Gasteiger partial charge is 0.241 e. The lowest BCUT2D eigenvalue weighted by Gasteiger charge is -2.14. The number of benzene rings is 2. The van der Waals surface area contributed by atoms with E-state index in [4.69, 9.17) is 0 Å². The molecule has 23 heavy (non-hydrogen) atoms. The largest absolute Gasteiger partial charge is 0.268 e. The van der Waals surface area contributed by atoms with Gasteiger partial charge in [0.2, 0.25) is 0 Å². The molecule has 0 N–H and O–H groups in total. The Bertz CT molecular complexity index is 1020. The Kier molecular flexibility index (Phi) is 3.84. The van der Waals surface area contributed by atoms with Gasteiger partial charge in [-0.2, -0.15) is 0 Å². The summed E-state index contributed by atoms with van der Waals surface area (Å²) in [7, 11) is -3.76. The molecule has 0 fully saturated rings.